The van der Waals surface area contributed by atoms with Crippen molar-refractivity contribution >= 4 is 11.6 Å². The Labute approximate surface area is 156 Å². The van der Waals surface area contributed by atoms with Gasteiger partial charge in [0.15, 0.2) is 0 Å². The predicted octanol–water partition coefficient (Wildman–Crippen LogP) is 3.09. The van der Waals surface area contributed by atoms with Crippen molar-refractivity contribution in [3.8, 4) is 0 Å². The number of hydrogen-bond acceptors (Lipinski definition) is 4. The highest BCUT2D eigenvalue weighted by molar-refractivity contribution is 5.95. The Hall–Kier alpha value is -1.59. The summed E-state index contributed by atoms with van der Waals surface area (Å²) in [6.45, 7) is 3.01. The molecule has 0 N–H and O–H groups in total. The van der Waals surface area contributed by atoms with E-state index in [0.717, 1.165) is 50.9 Å². The van der Waals surface area contributed by atoms with Crippen molar-refractivity contribution in [2.75, 3.05) is 38.8 Å². The van der Waals surface area contributed by atoms with Gasteiger partial charge in [0.05, 0.1) is 17.7 Å². The van der Waals surface area contributed by atoms with Gasteiger partial charge in [-0.2, -0.15) is 0 Å². The van der Waals surface area contributed by atoms with Crippen LogP contribution in [0.4, 0.5) is 5.69 Å². The summed E-state index contributed by atoms with van der Waals surface area (Å²) in [6, 6.07) is 8.27. The Morgan fingerprint density at radius 3 is 2.46 bits per heavy atom. The van der Waals surface area contributed by atoms with Crippen LogP contribution in [0.2, 0.25) is 0 Å². The van der Waals surface area contributed by atoms with Gasteiger partial charge in [-0.3, -0.25) is 4.79 Å². The average molecular weight is 358 g/mol. The van der Waals surface area contributed by atoms with Crippen LogP contribution in [0.3, 0.4) is 0 Å². The zero-order valence-corrected chi connectivity index (χ0v) is 15.9. The van der Waals surface area contributed by atoms with Crippen LogP contribution in [0.1, 0.15) is 48.9 Å². The summed E-state index contributed by atoms with van der Waals surface area (Å²) in [5, 5.41) is 0. The monoisotopic (exact) mass is 358 g/mol. The molecule has 2 aliphatic heterocycles. The first-order chi connectivity index (χ1) is 12.7. The van der Waals surface area contributed by atoms with Gasteiger partial charge in [-0.25, -0.2) is 0 Å². The lowest BCUT2D eigenvalue weighted by atomic mass is 9.79. The molecule has 3 fully saturated rings. The third-order valence-corrected chi connectivity index (χ3v) is 6.72. The first-order valence-corrected chi connectivity index (χ1v) is 9.91. The van der Waals surface area contributed by atoms with E-state index < -0.39 is 0 Å². The van der Waals surface area contributed by atoms with E-state index in [-0.39, 0.29) is 23.7 Å². The number of carbonyl (C=O) groups is 1. The van der Waals surface area contributed by atoms with E-state index in [1.54, 1.807) is 14.2 Å². The molecule has 4 rings (SSSR count). The Morgan fingerprint density at radius 1 is 1.08 bits per heavy atom. The Balaban J connectivity index is 1.52. The first-order valence-electron chi connectivity index (χ1n) is 9.91. The maximum atomic E-state index is 13.2. The number of hydrogen-bond donors (Lipinski definition) is 0. The maximum absolute atomic E-state index is 13.2. The molecule has 1 aromatic carbocycles. The lowest BCUT2D eigenvalue weighted by Gasteiger charge is -2.43. The lowest BCUT2D eigenvalue weighted by molar-refractivity contribution is -0.0893. The van der Waals surface area contributed by atoms with Gasteiger partial charge in [0.25, 0.3) is 5.91 Å². The zero-order chi connectivity index (χ0) is 18.1. The van der Waals surface area contributed by atoms with Crippen LogP contribution in [0, 0.1) is 0 Å². The van der Waals surface area contributed by atoms with Crippen molar-refractivity contribution in [2.24, 2.45) is 0 Å². The van der Waals surface area contributed by atoms with Gasteiger partial charge in [-0.15, -0.1) is 0 Å². The van der Waals surface area contributed by atoms with Crippen molar-refractivity contribution < 1.29 is 14.3 Å². The molecule has 0 unspecified atom stereocenters. The number of anilines is 1. The van der Waals surface area contributed by atoms with E-state index in [1.165, 1.54) is 18.5 Å². The van der Waals surface area contributed by atoms with Crippen LogP contribution in [0.5, 0.6) is 0 Å². The molecule has 0 spiro atoms. The van der Waals surface area contributed by atoms with Crippen LogP contribution in [0.15, 0.2) is 24.3 Å². The van der Waals surface area contributed by atoms with E-state index in [9.17, 15) is 4.79 Å². The summed E-state index contributed by atoms with van der Waals surface area (Å²) in [4.78, 5) is 17.6. The molecular weight excluding hydrogens is 328 g/mol. The third-order valence-electron chi connectivity index (χ3n) is 6.72. The first kappa shape index (κ1) is 17.8. The number of nitrogens with zero attached hydrogens (tertiary/aromatic N) is 2. The smallest absolute Gasteiger partial charge is 0.254 e. The van der Waals surface area contributed by atoms with Gasteiger partial charge in [0.2, 0.25) is 0 Å². The molecule has 2 saturated heterocycles. The fourth-order valence-corrected chi connectivity index (χ4v) is 5.08. The molecule has 5 heteroatoms. The molecular formula is C21H30N2O3. The van der Waals surface area contributed by atoms with E-state index in [1.807, 2.05) is 17.0 Å². The highest BCUT2D eigenvalue weighted by atomic mass is 16.5. The molecule has 1 saturated carbocycles. The summed E-state index contributed by atoms with van der Waals surface area (Å²) in [5.41, 5.74) is 1.81. The number of fused-ring (bicyclic) bond motifs is 1. The standard InChI is InChI=1S/C21H30N2O3/c1-25-18-9-10-21(26-2)11-14-23(19(21)15-18)20(24)16-5-7-17(8-6-16)22-12-3-4-13-22/h5-8,18-19H,3-4,9-15H2,1-2H3/t18-,19-,21+/m1/s1. The van der Waals surface area contributed by atoms with Crippen molar-refractivity contribution in [1.29, 1.82) is 0 Å². The summed E-state index contributed by atoms with van der Waals surface area (Å²) < 4.78 is 11.5. The molecule has 0 radical (unpaired) electrons. The van der Waals surface area contributed by atoms with Gasteiger partial charge in [0.1, 0.15) is 0 Å². The molecule has 1 amide bonds. The van der Waals surface area contributed by atoms with Gasteiger partial charge in [-0.1, -0.05) is 0 Å². The van der Waals surface area contributed by atoms with Crippen LogP contribution in [-0.2, 0) is 9.47 Å². The van der Waals surface area contributed by atoms with Crippen molar-refractivity contribution in [3.05, 3.63) is 29.8 Å². The van der Waals surface area contributed by atoms with E-state index in [0.29, 0.717) is 0 Å². The summed E-state index contributed by atoms with van der Waals surface area (Å²) in [7, 11) is 3.56. The highest BCUT2D eigenvalue weighted by Gasteiger charge is 2.52. The quantitative estimate of drug-likeness (QED) is 0.829. The summed E-state index contributed by atoms with van der Waals surface area (Å²) >= 11 is 0. The predicted molar refractivity (Wildman–Crippen MR) is 102 cm³/mol. The fraction of sp³-hybridized carbons (Fsp3) is 0.667. The molecule has 1 aromatic rings. The van der Waals surface area contributed by atoms with E-state index in [4.69, 9.17) is 9.47 Å². The Morgan fingerprint density at radius 2 is 1.81 bits per heavy atom. The van der Waals surface area contributed by atoms with Crippen LogP contribution in [-0.4, -0.2) is 62.4 Å². The summed E-state index contributed by atoms with van der Waals surface area (Å²) in [6.07, 6.45) is 6.49. The van der Waals surface area contributed by atoms with Crippen molar-refractivity contribution in [2.45, 2.75) is 56.3 Å². The van der Waals surface area contributed by atoms with Crippen LogP contribution in [0.25, 0.3) is 0 Å². The molecule has 0 bridgehead atoms. The number of likely N-dealkylation sites (tertiary alicyclic amines) is 1. The lowest BCUT2D eigenvalue weighted by Crippen LogP contribution is -2.53. The van der Waals surface area contributed by atoms with Gasteiger partial charge < -0.3 is 19.3 Å². The topological polar surface area (TPSA) is 42.0 Å². The average Bonchev–Trinajstić information content (AvgIpc) is 3.35. The number of rotatable bonds is 4. The Kier molecular flexibility index (Phi) is 4.93. The molecule has 5 nitrogen and oxygen atoms in total. The number of methoxy groups -OCH3 is 2. The molecule has 1 aliphatic carbocycles. The van der Waals surface area contributed by atoms with Gasteiger partial charge in [-0.05, 0) is 62.8 Å². The largest absolute Gasteiger partial charge is 0.381 e. The van der Waals surface area contributed by atoms with E-state index in [2.05, 4.69) is 17.0 Å². The second kappa shape index (κ2) is 7.20. The second-order valence-electron chi connectivity index (χ2n) is 7.91. The number of ether oxygens (including phenoxy) is 2. The third kappa shape index (κ3) is 3.01. The molecule has 3 aliphatic rings. The molecule has 142 valence electrons. The van der Waals surface area contributed by atoms with Gasteiger partial charge >= 0.3 is 0 Å². The zero-order valence-electron chi connectivity index (χ0n) is 15.9. The van der Waals surface area contributed by atoms with Crippen molar-refractivity contribution in [1.82, 2.24) is 4.90 Å². The molecule has 0 aromatic heterocycles. The fourth-order valence-electron chi connectivity index (χ4n) is 5.08. The normalized spacial score (nSPS) is 31.3. The Bertz CT molecular complexity index is 641. The number of carbonyl (C=O) groups excluding carboxylic acids is 1. The minimum absolute atomic E-state index is 0.108. The van der Waals surface area contributed by atoms with Crippen LogP contribution >= 0.6 is 0 Å². The minimum Gasteiger partial charge on any atom is -0.381 e. The SMILES string of the molecule is CO[C@@H]1CC[C@]2(OC)CCN(C(=O)c3ccc(N4CCCC4)cc3)[C@@H]2C1. The second-order valence-corrected chi connectivity index (χ2v) is 7.91. The molecule has 26 heavy (non-hydrogen) atoms. The molecule has 2 heterocycles. The maximum Gasteiger partial charge on any atom is 0.254 e. The molecule has 3 atom stereocenters. The number of amides is 1. The van der Waals surface area contributed by atoms with Crippen molar-refractivity contribution in [3.63, 3.8) is 0 Å². The highest BCUT2D eigenvalue weighted by Crippen LogP contribution is 2.43. The van der Waals surface area contributed by atoms with Gasteiger partial charge in [0, 0.05) is 45.1 Å². The van der Waals surface area contributed by atoms with E-state index >= 15 is 0 Å². The van der Waals surface area contributed by atoms with Crippen LogP contribution < -0.4 is 4.90 Å². The summed E-state index contributed by atoms with van der Waals surface area (Å²) in [5.74, 6) is 0.124. The number of benzene rings is 1. The minimum atomic E-state index is -0.194.